The fourth-order valence-electron chi connectivity index (χ4n) is 1.72. The van der Waals surface area contributed by atoms with Crippen LogP contribution in [-0.4, -0.2) is 13.2 Å². The Morgan fingerprint density at radius 3 is 2.50 bits per heavy atom. The number of hydrogen-bond acceptors (Lipinski definition) is 3. The summed E-state index contributed by atoms with van der Waals surface area (Å²) in [6, 6.07) is 15.3. The first kappa shape index (κ1) is 13.9. The second-order valence-electron chi connectivity index (χ2n) is 4.38. The number of ether oxygens (including phenoxy) is 2. The van der Waals surface area contributed by atoms with Crippen LogP contribution < -0.4 is 10.1 Å². The molecule has 0 aliphatic carbocycles. The van der Waals surface area contributed by atoms with Crippen LogP contribution in [-0.2, 0) is 11.3 Å². The van der Waals surface area contributed by atoms with Crippen molar-refractivity contribution in [1.82, 2.24) is 0 Å². The molecule has 0 aliphatic rings. The molecular weight excluding hydrogens is 254 g/mol. The van der Waals surface area contributed by atoms with E-state index in [1.54, 1.807) is 0 Å². The van der Waals surface area contributed by atoms with Gasteiger partial charge in [-0.3, -0.25) is 5.32 Å². The molecule has 4 heteroatoms. The van der Waals surface area contributed by atoms with E-state index >= 15 is 0 Å². The number of carbonyl (C=O) groups is 1. The molecule has 0 heterocycles. The number of aryl methyl sites for hydroxylation is 1. The summed E-state index contributed by atoms with van der Waals surface area (Å²) in [4.78, 5) is 11.3. The highest BCUT2D eigenvalue weighted by Crippen LogP contribution is 2.19. The molecular formula is C16H17NO3. The summed E-state index contributed by atoms with van der Waals surface area (Å²) in [5, 5.41) is 2.66. The van der Waals surface area contributed by atoms with Crippen LogP contribution in [0.4, 0.5) is 10.5 Å². The van der Waals surface area contributed by atoms with Gasteiger partial charge in [0.1, 0.15) is 12.4 Å². The number of carbonyl (C=O) groups excluding carboxylic acids is 1. The van der Waals surface area contributed by atoms with Gasteiger partial charge < -0.3 is 9.47 Å². The Labute approximate surface area is 118 Å². The molecule has 4 nitrogen and oxygen atoms in total. The number of amides is 1. The fourth-order valence-corrected chi connectivity index (χ4v) is 1.72. The van der Waals surface area contributed by atoms with E-state index in [9.17, 15) is 4.79 Å². The third-order valence-corrected chi connectivity index (χ3v) is 2.85. The largest absolute Gasteiger partial charge is 0.489 e. The SMILES string of the molecule is COC(=O)Nc1ccccc1COc1ccc(C)cc1. The van der Waals surface area contributed by atoms with Gasteiger partial charge in [0.15, 0.2) is 0 Å². The summed E-state index contributed by atoms with van der Waals surface area (Å²) in [5.41, 5.74) is 2.76. The first-order valence-corrected chi connectivity index (χ1v) is 6.31. The first-order chi connectivity index (χ1) is 9.69. The normalized spacial score (nSPS) is 9.90. The topological polar surface area (TPSA) is 47.6 Å². The van der Waals surface area contributed by atoms with Crippen molar-refractivity contribution in [2.45, 2.75) is 13.5 Å². The van der Waals surface area contributed by atoms with Crippen LogP contribution in [0.25, 0.3) is 0 Å². The lowest BCUT2D eigenvalue weighted by Gasteiger charge is -2.11. The molecule has 0 saturated carbocycles. The predicted octanol–water partition coefficient (Wildman–Crippen LogP) is 3.75. The minimum absolute atomic E-state index is 0.378. The molecule has 0 aliphatic heterocycles. The average Bonchev–Trinajstić information content (AvgIpc) is 2.48. The molecule has 2 aromatic rings. The molecule has 0 fully saturated rings. The van der Waals surface area contributed by atoms with Crippen molar-refractivity contribution in [3.8, 4) is 5.75 Å². The minimum atomic E-state index is -0.493. The maximum absolute atomic E-state index is 11.3. The molecule has 0 radical (unpaired) electrons. The monoisotopic (exact) mass is 271 g/mol. The van der Waals surface area contributed by atoms with E-state index in [0.29, 0.717) is 12.3 Å². The highest BCUT2D eigenvalue weighted by atomic mass is 16.5. The highest BCUT2D eigenvalue weighted by molar-refractivity contribution is 5.85. The molecule has 104 valence electrons. The zero-order valence-corrected chi connectivity index (χ0v) is 11.6. The third kappa shape index (κ3) is 3.75. The van der Waals surface area contributed by atoms with Gasteiger partial charge in [-0.1, -0.05) is 35.9 Å². The predicted molar refractivity (Wildman–Crippen MR) is 78.0 cm³/mol. The lowest BCUT2D eigenvalue weighted by molar-refractivity contribution is 0.187. The molecule has 0 bridgehead atoms. The number of anilines is 1. The van der Waals surface area contributed by atoms with Crippen molar-refractivity contribution in [3.05, 3.63) is 59.7 Å². The van der Waals surface area contributed by atoms with E-state index in [1.807, 2.05) is 55.5 Å². The smallest absolute Gasteiger partial charge is 0.411 e. The van der Waals surface area contributed by atoms with Gasteiger partial charge in [0.25, 0.3) is 0 Å². The van der Waals surface area contributed by atoms with E-state index in [4.69, 9.17) is 4.74 Å². The van der Waals surface area contributed by atoms with E-state index in [-0.39, 0.29) is 0 Å². The van der Waals surface area contributed by atoms with Gasteiger partial charge in [-0.15, -0.1) is 0 Å². The van der Waals surface area contributed by atoms with Crippen molar-refractivity contribution in [3.63, 3.8) is 0 Å². The molecule has 0 aromatic heterocycles. The van der Waals surface area contributed by atoms with E-state index in [0.717, 1.165) is 11.3 Å². The summed E-state index contributed by atoms with van der Waals surface area (Å²) >= 11 is 0. The standard InChI is InChI=1S/C16H17NO3/c1-12-7-9-14(10-8-12)20-11-13-5-3-4-6-15(13)17-16(18)19-2/h3-10H,11H2,1-2H3,(H,17,18). The highest BCUT2D eigenvalue weighted by Gasteiger charge is 2.06. The molecule has 0 unspecified atom stereocenters. The summed E-state index contributed by atoms with van der Waals surface area (Å²) in [5.74, 6) is 0.795. The number of hydrogen-bond donors (Lipinski definition) is 1. The molecule has 20 heavy (non-hydrogen) atoms. The van der Waals surface area contributed by atoms with Gasteiger partial charge in [0.2, 0.25) is 0 Å². The average molecular weight is 271 g/mol. The maximum atomic E-state index is 11.3. The number of benzene rings is 2. The fraction of sp³-hybridized carbons (Fsp3) is 0.188. The van der Waals surface area contributed by atoms with Gasteiger partial charge in [0, 0.05) is 5.56 Å². The second-order valence-corrected chi connectivity index (χ2v) is 4.38. The van der Waals surface area contributed by atoms with Crippen LogP contribution in [0.1, 0.15) is 11.1 Å². The Morgan fingerprint density at radius 1 is 1.10 bits per heavy atom. The minimum Gasteiger partial charge on any atom is -0.489 e. The van der Waals surface area contributed by atoms with Gasteiger partial charge in [-0.2, -0.15) is 0 Å². The summed E-state index contributed by atoms with van der Waals surface area (Å²) in [6.45, 7) is 2.41. The Hall–Kier alpha value is -2.49. The molecule has 1 N–H and O–H groups in total. The van der Waals surface area contributed by atoms with Crippen LogP contribution >= 0.6 is 0 Å². The van der Waals surface area contributed by atoms with Crippen molar-refractivity contribution >= 4 is 11.8 Å². The zero-order valence-electron chi connectivity index (χ0n) is 11.6. The Balaban J connectivity index is 2.05. The zero-order chi connectivity index (χ0) is 14.4. The lowest BCUT2D eigenvalue weighted by Crippen LogP contribution is -2.13. The van der Waals surface area contributed by atoms with Crippen molar-refractivity contribution < 1.29 is 14.3 Å². The van der Waals surface area contributed by atoms with E-state index < -0.39 is 6.09 Å². The van der Waals surface area contributed by atoms with E-state index in [1.165, 1.54) is 12.7 Å². The first-order valence-electron chi connectivity index (χ1n) is 6.31. The molecule has 0 atom stereocenters. The van der Waals surface area contributed by atoms with Crippen molar-refractivity contribution in [2.24, 2.45) is 0 Å². The molecule has 0 spiro atoms. The number of methoxy groups -OCH3 is 1. The quantitative estimate of drug-likeness (QED) is 0.921. The lowest BCUT2D eigenvalue weighted by atomic mass is 10.2. The van der Waals surface area contributed by atoms with Crippen molar-refractivity contribution in [1.29, 1.82) is 0 Å². The number of para-hydroxylation sites is 1. The Morgan fingerprint density at radius 2 is 1.80 bits per heavy atom. The molecule has 2 rings (SSSR count). The molecule has 1 amide bonds. The van der Waals surface area contributed by atoms with E-state index in [2.05, 4.69) is 10.1 Å². The van der Waals surface area contributed by atoms with Crippen LogP contribution in [0.5, 0.6) is 5.75 Å². The van der Waals surface area contributed by atoms with Crippen LogP contribution in [0, 0.1) is 6.92 Å². The third-order valence-electron chi connectivity index (χ3n) is 2.85. The molecule has 2 aromatic carbocycles. The van der Waals surface area contributed by atoms with Crippen LogP contribution in [0.15, 0.2) is 48.5 Å². The number of rotatable bonds is 4. The van der Waals surface area contributed by atoms with Gasteiger partial charge >= 0.3 is 6.09 Å². The second kappa shape index (κ2) is 6.61. The summed E-state index contributed by atoms with van der Waals surface area (Å²) in [6.07, 6.45) is -0.493. The van der Waals surface area contributed by atoms with Gasteiger partial charge in [0.05, 0.1) is 12.8 Å². The summed E-state index contributed by atoms with van der Waals surface area (Å²) < 4.78 is 10.3. The van der Waals surface area contributed by atoms with Crippen LogP contribution in [0.2, 0.25) is 0 Å². The maximum Gasteiger partial charge on any atom is 0.411 e. The number of nitrogens with one attached hydrogen (secondary N) is 1. The Bertz CT molecular complexity index is 579. The molecule has 0 saturated heterocycles. The van der Waals surface area contributed by atoms with Crippen molar-refractivity contribution in [2.75, 3.05) is 12.4 Å². The Kier molecular flexibility index (Phi) is 4.60. The van der Waals surface area contributed by atoms with Gasteiger partial charge in [-0.25, -0.2) is 4.79 Å². The van der Waals surface area contributed by atoms with Gasteiger partial charge in [-0.05, 0) is 25.1 Å². The van der Waals surface area contributed by atoms with Crippen LogP contribution in [0.3, 0.4) is 0 Å². The summed E-state index contributed by atoms with van der Waals surface area (Å²) in [7, 11) is 1.33.